The van der Waals surface area contributed by atoms with Crippen molar-refractivity contribution in [3.8, 4) is 11.5 Å². The molecule has 0 aromatic heterocycles. The maximum atomic E-state index is 12.8. The minimum absolute atomic E-state index is 0.0175. The van der Waals surface area contributed by atoms with Crippen molar-refractivity contribution in [1.82, 2.24) is 4.90 Å². The van der Waals surface area contributed by atoms with E-state index < -0.39 is 5.79 Å². The molecule has 2 aromatic rings. The van der Waals surface area contributed by atoms with Crippen LogP contribution in [0.4, 0.5) is 5.69 Å². The van der Waals surface area contributed by atoms with E-state index in [0.717, 1.165) is 37.0 Å². The summed E-state index contributed by atoms with van der Waals surface area (Å²) >= 11 is 0. The molecule has 1 saturated carbocycles. The Morgan fingerprint density at radius 1 is 1.03 bits per heavy atom. The van der Waals surface area contributed by atoms with Gasteiger partial charge in [0.25, 0.3) is 5.79 Å². The molecule has 0 bridgehead atoms. The largest absolute Gasteiger partial charge is 0.448 e. The van der Waals surface area contributed by atoms with Crippen LogP contribution in [0.25, 0.3) is 0 Å². The fraction of sp³-hybridized carbons (Fsp3) is 0.417. The maximum absolute atomic E-state index is 12.8. The van der Waals surface area contributed by atoms with Crippen molar-refractivity contribution >= 4 is 17.5 Å². The van der Waals surface area contributed by atoms with Crippen LogP contribution < -0.4 is 14.8 Å². The molecule has 3 aliphatic rings. The van der Waals surface area contributed by atoms with Crippen molar-refractivity contribution in [3.63, 3.8) is 0 Å². The smallest absolute Gasteiger partial charge is 0.251 e. The first-order valence-corrected chi connectivity index (χ1v) is 10.7. The van der Waals surface area contributed by atoms with E-state index in [0.29, 0.717) is 24.5 Å². The number of nitrogens with one attached hydrogen (secondary N) is 1. The maximum Gasteiger partial charge on any atom is 0.251 e. The molecule has 6 heteroatoms. The third-order valence-corrected chi connectivity index (χ3v) is 6.22. The first-order chi connectivity index (χ1) is 14.6. The molecular formula is C24H26N2O4. The summed E-state index contributed by atoms with van der Waals surface area (Å²) in [5.74, 6) is 0.423. The standard InChI is InChI=1S/C24H26N2O4/c27-22-13-18(16-26(22)15-17-7-3-1-4-8-17)23(28)25-19-9-10-20-21(14-19)30-24(29-20)11-5-2-6-12-24/h1,3-4,7-10,14,18H,2,5-6,11-13,15-16H2,(H,25,28). The second-order valence-corrected chi connectivity index (χ2v) is 8.49. The molecule has 6 nitrogen and oxygen atoms in total. The second kappa shape index (κ2) is 7.67. The number of amides is 2. The zero-order valence-corrected chi connectivity index (χ0v) is 16.9. The van der Waals surface area contributed by atoms with Gasteiger partial charge >= 0.3 is 0 Å². The average Bonchev–Trinajstić information content (AvgIpc) is 3.29. The van der Waals surface area contributed by atoms with E-state index in [1.807, 2.05) is 48.5 Å². The van der Waals surface area contributed by atoms with Gasteiger partial charge in [0.15, 0.2) is 11.5 Å². The number of rotatable bonds is 4. The van der Waals surface area contributed by atoms with Gasteiger partial charge in [-0.2, -0.15) is 0 Å². The van der Waals surface area contributed by atoms with Gasteiger partial charge in [0, 0.05) is 44.1 Å². The number of nitrogens with zero attached hydrogens (tertiary/aromatic N) is 1. The Balaban J connectivity index is 1.21. The lowest BCUT2D eigenvalue weighted by Gasteiger charge is -2.31. The molecule has 1 spiro atoms. The van der Waals surface area contributed by atoms with E-state index in [2.05, 4.69) is 5.32 Å². The summed E-state index contributed by atoms with van der Waals surface area (Å²) in [4.78, 5) is 26.9. The Kier molecular flexibility index (Phi) is 4.85. The van der Waals surface area contributed by atoms with Gasteiger partial charge in [-0.3, -0.25) is 9.59 Å². The molecule has 2 aliphatic heterocycles. The predicted octanol–water partition coefficient (Wildman–Crippen LogP) is 4.11. The van der Waals surface area contributed by atoms with Crippen LogP contribution in [0.3, 0.4) is 0 Å². The summed E-state index contributed by atoms with van der Waals surface area (Å²) in [5.41, 5.74) is 1.74. The average molecular weight is 406 g/mol. The number of fused-ring (bicyclic) bond motifs is 1. The van der Waals surface area contributed by atoms with Crippen molar-refractivity contribution in [2.75, 3.05) is 11.9 Å². The predicted molar refractivity (Wildman–Crippen MR) is 112 cm³/mol. The highest BCUT2D eigenvalue weighted by Crippen LogP contribution is 2.46. The van der Waals surface area contributed by atoms with Gasteiger partial charge in [-0.1, -0.05) is 36.8 Å². The molecule has 2 aromatic carbocycles. The summed E-state index contributed by atoms with van der Waals surface area (Å²) in [6.45, 7) is 0.975. The molecule has 2 heterocycles. The van der Waals surface area contributed by atoms with Crippen molar-refractivity contribution in [1.29, 1.82) is 0 Å². The van der Waals surface area contributed by atoms with Crippen molar-refractivity contribution in [3.05, 3.63) is 54.1 Å². The zero-order valence-electron chi connectivity index (χ0n) is 16.9. The van der Waals surface area contributed by atoms with Gasteiger partial charge in [-0.25, -0.2) is 0 Å². The van der Waals surface area contributed by atoms with Crippen LogP contribution in [0, 0.1) is 5.92 Å². The highest BCUT2D eigenvalue weighted by atomic mass is 16.7. The third-order valence-electron chi connectivity index (χ3n) is 6.22. The second-order valence-electron chi connectivity index (χ2n) is 8.49. The summed E-state index contributed by atoms with van der Waals surface area (Å²) < 4.78 is 12.2. The molecule has 5 rings (SSSR count). The van der Waals surface area contributed by atoms with Gasteiger partial charge in [-0.05, 0) is 30.5 Å². The number of benzene rings is 2. The van der Waals surface area contributed by atoms with E-state index in [1.54, 1.807) is 4.90 Å². The fourth-order valence-corrected chi connectivity index (χ4v) is 4.61. The minimum Gasteiger partial charge on any atom is -0.448 e. The van der Waals surface area contributed by atoms with Crippen LogP contribution in [0.5, 0.6) is 11.5 Å². The Morgan fingerprint density at radius 2 is 1.80 bits per heavy atom. The summed E-state index contributed by atoms with van der Waals surface area (Å²) in [5, 5.41) is 2.96. The van der Waals surface area contributed by atoms with Crippen LogP contribution in [0.1, 0.15) is 44.1 Å². The fourth-order valence-electron chi connectivity index (χ4n) is 4.61. The van der Waals surface area contributed by atoms with Gasteiger partial charge in [0.1, 0.15) is 0 Å². The van der Waals surface area contributed by atoms with E-state index >= 15 is 0 Å². The number of likely N-dealkylation sites (tertiary alicyclic amines) is 1. The highest BCUT2D eigenvalue weighted by Gasteiger charge is 2.42. The molecule has 2 fully saturated rings. The quantitative estimate of drug-likeness (QED) is 0.830. The van der Waals surface area contributed by atoms with Crippen LogP contribution >= 0.6 is 0 Å². The highest BCUT2D eigenvalue weighted by molar-refractivity contribution is 5.97. The molecule has 30 heavy (non-hydrogen) atoms. The number of ether oxygens (including phenoxy) is 2. The van der Waals surface area contributed by atoms with Gasteiger partial charge < -0.3 is 19.7 Å². The molecule has 1 aliphatic carbocycles. The Morgan fingerprint density at radius 3 is 2.60 bits per heavy atom. The summed E-state index contributed by atoms with van der Waals surface area (Å²) in [6, 6.07) is 15.4. The zero-order chi connectivity index (χ0) is 20.6. The number of carbonyl (C=O) groups excluding carboxylic acids is 2. The first-order valence-electron chi connectivity index (χ1n) is 10.7. The van der Waals surface area contributed by atoms with Crippen molar-refractivity contribution < 1.29 is 19.1 Å². The lowest BCUT2D eigenvalue weighted by atomic mass is 9.94. The molecule has 156 valence electrons. The molecule has 1 unspecified atom stereocenters. The number of hydrogen-bond donors (Lipinski definition) is 1. The number of anilines is 1. The topological polar surface area (TPSA) is 67.9 Å². The van der Waals surface area contributed by atoms with E-state index in [4.69, 9.17) is 9.47 Å². The first kappa shape index (κ1) is 19.0. The van der Waals surface area contributed by atoms with Crippen LogP contribution in [-0.2, 0) is 16.1 Å². The molecule has 1 saturated heterocycles. The van der Waals surface area contributed by atoms with Gasteiger partial charge in [0.05, 0.1) is 5.92 Å². The lowest BCUT2D eigenvalue weighted by molar-refractivity contribution is -0.128. The minimum atomic E-state index is -0.529. The van der Waals surface area contributed by atoms with Crippen LogP contribution in [0.15, 0.2) is 48.5 Å². The SMILES string of the molecule is O=C(Nc1ccc2c(c1)OC1(CCCCC1)O2)C1CC(=O)N(Cc2ccccc2)C1. The summed E-state index contributed by atoms with van der Waals surface area (Å²) in [6.07, 6.45) is 5.45. The normalized spacial score (nSPS) is 21.8. The summed E-state index contributed by atoms with van der Waals surface area (Å²) in [7, 11) is 0. The number of carbonyl (C=O) groups is 2. The van der Waals surface area contributed by atoms with Crippen molar-refractivity contribution in [2.45, 2.75) is 50.9 Å². The Labute approximate surface area is 176 Å². The monoisotopic (exact) mass is 406 g/mol. The van der Waals surface area contributed by atoms with Crippen LogP contribution in [0.2, 0.25) is 0 Å². The Bertz CT molecular complexity index is 953. The molecule has 0 radical (unpaired) electrons. The van der Waals surface area contributed by atoms with Gasteiger partial charge in [0.2, 0.25) is 11.8 Å². The van der Waals surface area contributed by atoms with E-state index in [1.165, 1.54) is 6.42 Å². The molecule has 1 N–H and O–H groups in total. The molecule has 1 atom stereocenters. The van der Waals surface area contributed by atoms with E-state index in [-0.39, 0.29) is 24.2 Å². The molecule has 2 amide bonds. The molecular weight excluding hydrogens is 380 g/mol. The van der Waals surface area contributed by atoms with E-state index in [9.17, 15) is 9.59 Å². The third kappa shape index (κ3) is 3.74. The lowest BCUT2D eigenvalue weighted by Crippen LogP contribution is -2.40. The van der Waals surface area contributed by atoms with Crippen molar-refractivity contribution in [2.24, 2.45) is 5.92 Å². The van der Waals surface area contributed by atoms with Crippen LogP contribution in [-0.4, -0.2) is 29.0 Å². The Hall–Kier alpha value is -3.02. The number of hydrogen-bond acceptors (Lipinski definition) is 4. The van der Waals surface area contributed by atoms with Gasteiger partial charge in [-0.15, -0.1) is 0 Å².